The molecule has 2 aliphatic carbocycles. The van der Waals surface area contributed by atoms with Gasteiger partial charge in [-0.15, -0.1) is 0 Å². The fraction of sp³-hybridized carbons (Fsp3) is 0.632. The van der Waals surface area contributed by atoms with Gasteiger partial charge in [-0.2, -0.15) is 0 Å². The van der Waals surface area contributed by atoms with E-state index in [4.69, 9.17) is 0 Å². The number of carbonyl (C=O) groups is 1. The van der Waals surface area contributed by atoms with Gasteiger partial charge in [0.05, 0.1) is 0 Å². The van der Waals surface area contributed by atoms with Gasteiger partial charge in [-0.3, -0.25) is 10.1 Å². The lowest BCUT2D eigenvalue weighted by molar-refractivity contribution is -0.131. The first-order chi connectivity index (χ1) is 10.6. The van der Waals surface area contributed by atoms with Crippen molar-refractivity contribution >= 4 is 5.91 Å². The van der Waals surface area contributed by atoms with Gasteiger partial charge in [0.1, 0.15) is 6.04 Å². The number of likely N-dealkylation sites (N-methyl/N-ethyl adjacent to an activating group) is 1. The van der Waals surface area contributed by atoms with Crippen molar-refractivity contribution in [1.82, 2.24) is 10.2 Å². The molecule has 2 bridgehead atoms. The first-order valence-electron chi connectivity index (χ1n) is 8.58. The van der Waals surface area contributed by atoms with E-state index in [9.17, 15) is 4.79 Å². The smallest absolute Gasteiger partial charge is 0.243 e. The molecule has 2 aliphatic rings. The highest BCUT2D eigenvalue weighted by molar-refractivity contribution is 5.82. The lowest BCUT2D eigenvalue weighted by atomic mass is 9.83. The van der Waals surface area contributed by atoms with Crippen molar-refractivity contribution in [2.24, 2.45) is 17.8 Å². The molecule has 1 aromatic carbocycles. The van der Waals surface area contributed by atoms with E-state index in [1.54, 1.807) is 4.90 Å². The minimum Gasteiger partial charge on any atom is -0.347 e. The van der Waals surface area contributed by atoms with Gasteiger partial charge in [-0.1, -0.05) is 36.8 Å². The molecule has 120 valence electrons. The second-order valence-electron chi connectivity index (χ2n) is 7.37. The third-order valence-electron chi connectivity index (χ3n) is 5.69. The van der Waals surface area contributed by atoms with Crippen molar-refractivity contribution in [3.05, 3.63) is 35.9 Å². The predicted molar refractivity (Wildman–Crippen MR) is 89.4 cm³/mol. The van der Waals surface area contributed by atoms with E-state index in [2.05, 4.69) is 12.2 Å². The van der Waals surface area contributed by atoms with Crippen LogP contribution in [0.25, 0.3) is 0 Å². The molecule has 0 spiro atoms. The number of rotatable bonds is 5. The molecular weight excluding hydrogens is 272 g/mol. The first-order valence-corrected chi connectivity index (χ1v) is 8.58. The summed E-state index contributed by atoms with van der Waals surface area (Å²) in [6.45, 7) is 2.27. The number of hydrogen-bond donors (Lipinski definition) is 1. The van der Waals surface area contributed by atoms with Crippen LogP contribution < -0.4 is 5.32 Å². The summed E-state index contributed by atoms with van der Waals surface area (Å²) in [5.41, 5.74) is 1.07. The SMILES string of the molecule is CC(NC(C(=O)N(C)C)c1ccccc1)C1CC2CCC1C2. The molecule has 1 N–H and O–H groups in total. The third-order valence-corrected chi connectivity index (χ3v) is 5.69. The minimum absolute atomic E-state index is 0.140. The minimum atomic E-state index is -0.231. The first kappa shape index (κ1) is 15.5. The molecule has 3 rings (SSSR count). The summed E-state index contributed by atoms with van der Waals surface area (Å²) in [6.07, 6.45) is 5.57. The molecule has 0 aromatic heterocycles. The summed E-state index contributed by atoms with van der Waals surface area (Å²) in [7, 11) is 3.67. The van der Waals surface area contributed by atoms with Crippen LogP contribution in [0.4, 0.5) is 0 Å². The molecule has 0 radical (unpaired) electrons. The molecule has 0 saturated heterocycles. The molecular formula is C19H28N2O. The molecule has 2 fully saturated rings. The van der Waals surface area contributed by atoms with Crippen LogP contribution in [0, 0.1) is 17.8 Å². The summed E-state index contributed by atoms with van der Waals surface area (Å²) in [4.78, 5) is 14.3. The molecule has 5 atom stereocenters. The maximum atomic E-state index is 12.6. The number of nitrogens with zero attached hydrogens (tertiary/aromatic N) is 1. The predicted octanol–water partition coefficient (Wildman–Crippen LogP) is 3.23. The Kier molecular flexibility index (Phi) is 4.53. The summed E-state index contributed by atoms with van der Waals surface area (Å²) in [6, 6.07) is 10.3. The zero-order valence-corrected chi connectivity index (χ0v) is 14.0. The molecule has 1 aromatic rings. The largest absolute Gasteiger partial charge is 0.347 e. The quantitative estimate of drug-likeness (QED) is 0.905. The fourth-order valence-electron chi connectivity index (χ4n) is 4.51. The molecule has 1 amide bonds. The van der Waals surface area contributed by atoms with Crippen LogP contribution in [0.3, 0.4) is 0 Å². The van der Waals surface area contributed by atoms with Crippen LogP contribution in [0.15, 0.2) is 30.3 Å². The standard InChI is InChI=1S/C19H28N2O/c1-13(17-12-14-9-10-16(17)11-14)20-18(19(22)21(2)3)15-7-5-4-6-8-15/h4-8,13-14,16-18,20H,9-12H2,1-3H3. The van der Waals surface area contributed by atoms with Crippen molar-refractivity contribution in [3.8, 4) is 0 Å². The Labute approximate surface area is 134 Å². The highest BCUT2D eigenvalue weighted by Gasteiger charge is 2.42. The summed E-state index contributed by atoms with van der Waals surface area (Å²) in [5, 5.41) is 3.65. The molecule has 3 heteroatoms. The average Bonchev–Trinajstić information content (AvgIpc) is 3.15. The Hall–Kier alpha value is -1.35. The molecule has 0 aliphatic heterocycles. The number of nitrogens with one attached hydrogen (secondary N) is 1. The Bertz CT molecular complexity index is 513. The lowest BCUT2D eigenvalue weighted by Gasteiger charge is -2.32. The topological polar surface area (TPSA) is 32.3 Å². The fourth-order valence-corrected chi connectivity index (χ4v) is 4.51. The lowest BCUT2D eigenvalue weighted by Crippen LogP contribution is -2.44. The normalized spacial score (nSPS) is 29.3. The van der Waals surface area contributed by atoms with Gasteiger partial charge in [0.25, 0.3) is 0 Å². The van der Waals surface area contributed by atoms with Gasteiger partial charge in [0.15, 0.2) is 0 Å². The number of fused-ring (bicyclic) bond motifs is 2. The van der Waals surface area contributed by atoms with Crippen molar-refractivity contribution < 1.29 is 4.79 Å². The van der Waals surface area contributed by atoms with E-state index in [1.807, 2.05) is 44.4 Å². The Morgan fingerprint density at radius 3 is 2.45 bits per heavy atom. The van der Waals surface area contributed by atoms with Crippen molar-refractivity contribution in [1.29, 1.82) is 0 Å². The Morgan fingerprint density at radius 1 is 1.18 bits per heavy atom. The number of benzene rings is 1. The van der Waals surface area contributed by atoms with Crippen molar-refractivity contribution in [2.45, 2.75) is 44.7 Å². The third kappa shape index (κ3) is 3.05. The zero-order chi connectivity index (χ0) is 15.7. The molecule has 22 heavy (non-hydrogen) atoms. The second-order valence-corrected chi connectivity index (χ2v) is 7.37. The van der Waals surface area contributed by atoms with Crippen LogP contribution in [-0.4, -0.2) is 30.9 Å². The summed E-state index contributed by atoms with van der Waals surface area (Å²) in [5.74, 6) is 2.69. The van der Waals surface area contributed by atoms with Crippen LogP contribution in [0.1, 0.15) is 44.2 Å². The number of carbonyl (C=O) groups excluding carboxylic acids is 1. The Morgan fingerprint density at radius 2 is 1.91 bits per heavy atom. The van der Waals surface area contributed by atoms with Crippen LogP contribution in [-0.2, 0) is 4.79 Å². The molecule has 2 saturated carbocycles. The van der Waals surface area contributed by atoms with Crippen LogP contribution in [0.5, 0.6) is 0 Å². The van der Waals surface area contributed by atoms with Gasteiger partial charge < -0.3 is 4.90 Å². The van der Waals surface area contributed by atoms with E-state index < -0.39 is 0 Å². The van der Waals surface area contributed by atoms with Crippen LogP contribution >= 0.6 is 0 Å². The van der Waals surface area contributed by atoms with Crippen molar-refractivity contribution in [3.63, 3.8) is 0 Å². The molecule has 0 heterocycles. The highest BCUT2D eigenvalue weighted by Crippen LogP contribution is 2.49. The van der Waals surface area contributed by atoms with Gasteiger partial charge in [-0.25, -0.2) is 0 Å². The maximum absolute atomic E-state index is 12.6. The maximum Gasteiger partial charge on any atom is 0.243 e. The van der Waals surface area contributed by atoms with Gasteiger partial charge >= 0.3 is 0 Å². The second kappa shape index (κ2) is 6.41. The summed E-state index contributed by atoms with van der Waals surface area (Å²) < 4.78 is 0. The van der Waals surface area contributed by atoms with E-state index in [0.29, 0.717) is 6.04 Å². The number of hydrogen-bond acceptors (Lipinski definition) is 2. The van der Waals surface area contributed by atoms with E-state index in [1.165, 1.54) is 25.7 Å². The van der Waals surface area contributed by atoms with E-state index in [-0.39, 0.29) is 11.9 Å². The zero-order valence-electron chi connectivity index (χ0n) is 14.0. The van der Waals surface area contributed by atoms with Crippen LogP contribution in [0.2, 0.25) is 0 Å². The van der Waals surface area contributed by atoms with Gasteiger partial charge in [-0.05, 0) is 49.5 Å². The van der Waals surface area contributed by atoms with Crippen molar-refractivity contribution in [2.75, 3.05) is 14.1 Å². The van der Waals surface area contributed by atoms with E-state index in [0.717, 1.165) is 23.3 Å². The molecule has 5 unspecified atom stereocenters. The molecule has 3 nitrogen and oxygen atoms in total. The monoisotopic (exact) mass is 300 g/mol. The average molecular weight is 300 g/mol. The number of amides is 1. The Balaban J connectivity index is 1.74. The summed E-state index contributed by atoms with van der Waals surface area (Å²) >= 11 is 0. The van der Waals surface area contributed by atoms with Gasteiger partial charge in [0, 0.05) is 20.1 Å². The highest BCUT2D eigenvalue weighted by atomic mass is 16.2. The van der Waals surface area contributed by atoms with E-state index >= 15 is 0 Å². The van der Waals surface area contributed by atoms with Gasteiger partial charge in [0.2, 0.25) is 5.91 Å².